The maximum absolute atomic E-state index is 5.42. The van der Waals surface area contributed by atoms with E-state index in [9.17, 15) is 0 Å². The fraction of sp³-hybridized carbons (Fsp3) is 0.200. The predicted molar refractivity (Wildman–Crippen MR) is 45.9 cm³/mol. The third-order valence-electron chi connectivity index (χ3n) is 0.429. The molecule has 0 aliphatic carbocycles. The van der Waals surface area contributed by atoms with Gasteiger partial charge in [-0.1, -0.05) is 46.6 Å². The first-order valence-electron chi connectivity index (χ1n) is 1.93. The van der Waals surface area contributed by atoms with E-state index < -0.39 is 0 Å². The summed E-state index contributed by atoms with van der Waals surface area (Å²) in [6.45, 7) is 0. The normalized spacial score (nSPS) is 7.56. The molecular formula is C5H3Cl3S. The van der Waals surface area contributed by atoms with Crippen LogP contribution in [0, 0.1) is 11.2 Å². The van der Waals surface area contributed by atoms with Crippen LogP contribution >= 0.6 is 46.6 Å². The highest BCUT2D eigenvalue weighted by Gasteiger charge is 1.90. The Morgan fingerprint density at radius 2 is 1.89 bits per heavy atom. The van der Waals surface area contributed by atoms with Crippen LogP contribution < -0.4 is 0 Å². The standard InChI is InChI=1S/C5H3Cl3S/c1-9-3-2-4(6)5(7)8/h1H3. The summed E-state index contributed by atoms with van der Waals surface area (Å²) in [7, 11) is 0. The molecule has 0 bridgehead atoms. The maximum atomic E-state index is 5.42. The van der Waals surface area contributed by atoms with Crippen LogP contribution in [0.4, 0.5) is 0 Å². The van der Waals surface area contributed by atoms with E-state index in [-0.39, 0.29) is 9.52 Å². The summed E-state index contributed by atoms with van der Waals surface area (Å²) in [5, 5.41) is 2.82. The van der Waals surface area contributed by atoms with E-state index in [1.807, 2.05) is 6.26 Å². The molecule has 0 aromatic rings. The van der Waals surface area contributed by atoms with Gasteiger partial charge in [-0.3, -0.25) is 0 Å². The molecule has 0 aromatic carbocycles. The molecule has 0 rings (SSSR count). The fourth-order valence-electron chi connectivity index (χ4n) is 0.143. The van der Waals surface area contributed by atoms with Crippen molar-refractivity contribution in [1.29, 1.82) is 0 Å². The van der Waals surface area contributed by atoms with Crippen LogP contribution in [0.5, 0.6) is 0 Å². The van der Waals surface area contributed by atoms with E-state index in [2.05, 4.69) is 11.2 Å². The minimum Gasteiger partial charge on any atom is -0.0781 e. The molecule has 0 aliphatic heterocycles. The van der Waals surface area contributed by atoms with Crippen LogP contribution in [0.1, 0.15) is 0 Å². The Morgan fingerprint density at radius 3 is 2.22 bits per heavy atom. The lowest BCUT2D eigenvalue weighted by molar-refractivity contribution is 2.08. The second-order valence-corrected chi connectivity index (χ2v) is 2.95. The number of hydrogen-bond acceptors (Lipinski definition) is 1. The van der Waals surface area contributed by atoms with Gasteiger partial charge in [0.25, 0.3) is 0 Å². The van der Waals surface area contributed by atoms with Gasteiger partial charge in [0.15, 0.2) is 0 Å². The van der Waals surface area contributed by atoms with E-state index in [1.165, 1.54) is 11.8 Å². The Kier molecular flexibility index (Phi) is 5.62. The van der Waals surface area contributed by atoms with Gasteiger partial charge in [-0.15, -0.1) is 0 Å². The van der Waals surface area contributed by atoms with E-state index in [0.717, 1.165) is 0 Å². The average Bonchev–Trinajstić information content (AvgIpc) is 1.82. The van der Waals surface area contributed by atoms with Crippen LogP contribution in [0.2, 0.25) is 0 Å². The Labute approximate surface area is 73.5 Å². The summed E-state index contributed by atoms with van der Waals surface area (Å²) in [5.41, 5.74) is 0. The van der Waals surface area contributed by atoms with Gasteiger partial charge in [0, 0.05) is 0 Å². The Morgan fingerprint density at radius 1 is 1.33 bits per heavy atom. The van der Waals surface area contributed by atoms with E-state index >= 15 is 0 Å². The van der Waals surface area contributed by atoms with Crippen LogP contribution in [-0.2, 0) is 0 Å². The second-order valence-electron chi connectivity index (χ2n) is 1.01. The lowest BCUT2D eigenvalue weighted by Gasteiger charge is -1.80. The van der Waals surface area contributed by atoms with E-state index in [0.29, 0.717) is 0 Å². The second kappa shape index (κ2) is 5.32. The van der Waals surface area contributed by atoms with Gasteiger partial charge in [0.05, 0.1) is 0 Å². The van der Waals surface area contributed by atoms with Crippen molar-refractivity contribution in [2.75, 3.05) is 6.26 Å². The quantitative estimate of drug-likeness (QED) is 0.543. The van der Waals surface area contributed by atoms with Crippen molar-refractivity contribution in [1.82, 2.24) is 0 Å². The topological polar surface area (TPSA) is 0 Å². The molecule has 0 unspecified atom stereocenters. The highest BCUT2D eigenvalue weighted by atomic mass is 35.5. The van der Waals surface area contributed by atoms with Crippen LogP contribution in [-0.4, -0.2) is 6.26 Å². The molecule has 9 heavy (non-hydrogen) atoms. The van der Waals surface area contributed by atoms with Crippen LogP contribution in [0.3, 0.4) is 0 Å². The summed E-state index contributed by atoms with van der Waals surface area (Å²) in [5.74, 6) is 2.53. The molecule has 50 valence electrons. The molecule has 0 radical (unpaired) electrons. The van der Waals surface area contributed by atoms with E-state index in [1.54, 1.807) is 0 Å². The monoisotopic (exact) mass is 200 g/mol. The first kappa shape index (κ1) is 9.52. The van der Waals surface area contributed by atoms with Crippen molar-refractivity contribution >= 4 is 46.6 Å². The molecular weight excluding hydrogens is 198 g/mol. The molecule has 0 fully saturated rings. The SMILES string of the molecule is CSC#CC(Cl)=C(Cl)Cl. The van der Waals surface area contributed by atoms with Crippen LogP contribution in [0.25, 0.3) is 0 Å². The van der Waals surface area contributed by atoms with Gasteiger partial charge in [0.1, 0.15) is 9.52 Å². The highest BCUT2D eigenvalue weighted by molar-refractivity contribution is 8.03. The zero-order chi connectivity index (χ0) is 7.28. The zero-order valence-corrected chi connectivity index (χ0v) is 7.63. The largest absolute Gasteiger partial charge is 0.133 e. The van der Waals surface area contributed by atoms with Gasteiger partial charge in [-0.2, -0.15) is 0 Å². The third kappa shape index (κ3) is 4.99. The number of rotatable bonds is 0. The molecule has 0 saturated carbocycles. The number of hydrogen-bond donors (Lipinski definition) is 0. The molecule has 0 nitrogen and oxygen atoms in total. The fourth-order valence-corrected chi connectivity index (χ4v) is 0.545. The first-order chi connectivity index (χ1) is 4.18. The van der Waals surface area contributed by atoms with Crippen molar-refractivity contribution in [2.45, 2.75) is 0 Å². The van der Waals surface area contributed by atoms with Crippen molar-refractivity contribution in [3.63, 3.8) is 0 Å². The molecule has 0 spiro atoms. The van der Waals surface area contributed by atoms with Gasteiger partial charge >= 0.3 is 0 Å². The lowest BCUT2D eigenvalue weighted by Crippen LogP contribution is -1.61. The smallest absolute Gasteiger partial charge is 0.0781 e. The van der Waals surface area contributed by atoms with Crippen molar-refractivity contribution in [3.05, 3.63) is 9.52 Å². The molecule has 4 heteroatoms. The minimum atomic E-state index is 0.0122. The van der Waals surface area contributed by atoms with Gasteiger partial charge < -0.3 is 0 Å². The molecule has 0 saturated heterocycles. The zero-order valence-electron chi connectivity index (χ0n) is 4.54. The molecule has 0 N–H and O–H groups in total. The molecule has 0 amide bonds. The Balaban J connectivity index is 4.07. The summed E-state index contributed by atoms with van der Waals surface area (Å²) in [4.78, 5) is 0. The van der Waals surface area contributed by atoms with E-state index in [4.69, 9.17) is 34.8 Å². The summed E-state index contributed by atoms with van der Waals surface area (Å²) < 4.78 is 0.0122. The highest BCUT2D eigenvalue weighted by Crippen LogP contribution is 2.16. The predicted octanol–water partition coefficient (Wildman–Crippen LogP) is 3.20. The van der Waals surface area contributed by atoms with Gasteiger partial charge in [0.2, 0.25) is 0 Å². The lowest BCUT2D eigenvalue weighted by atomic mass is 10.7. The minimum absolute atomic E-state index is 0.0122. The third-order valence-corrected chi connectivity index (χ3v) is 1.59. The van der Waals surface area contributed by atoms with Gasteiger partial charge in [-0.25, -0.2) is 0 Å². The van der Waals surface area contributed by atoms with Crippen molar-refractivity contribution in [2.24, 2.45) is 0 Å². The van der Waals surface area contributed by atoms with Crippen molar-refractivity contribution < 1.29 is 0 Å². The number of thioether (sulfide) groups is 1. The Hall–Kier alpha value is 0.520. The molecule has 0 aromatic heterocycles. The summed E-state index contributed by atoms with van der Waals surface area (Å²) in [6.07, 6.45) is 1.83. The average molecular weight is 202 g/mol. The van der Waals surface area contributed by atoms with Gasteiger partial charge in [-0.05, 0) is 17.4 Å². The first-order valence-corrected chi connectivity index (χ1v) is 4.29. The van der Waals surface area contributed by atoms with Crippen molar-refractivity contribution in [3.8, 4) is 11.2 Å². The molecule has 0 atom stereocenters. The number of halogens is 3. The maximum Gasteiger partial charge on any atom is 0.133 e. The van der Waals surface area contributed by atoms with Crippen LogP contribution in [0.15, 0.2) is 9.52 Å². The summed E-state index contributed by atoms with van der Waals surface area (Å²) >= 11 is 17.3. The molecule has 0 aliphatic rings. The Bertz CT molecular complexity index is 170. The summed E-state index contributed by atoms with van der Waals surface area (Å²) in [6, 6.07) is 0. The molecule has 0 heterocycles. The number of allylic oxidation sites excluding steroid dienone is 1.